The molecule has 1 aliphatic heterocycles. The summed E-state index contributed by atoms with van der Waals surface area (Å²) in [6.07, 6.45) is 2.51. The topological polar surface area (TPSA) is 70.5 Å². The van der Waals surface area contributed by atoms with Crippen LogP contribution >= 0.6 is 11.8 Å². The van der Waals surface area contributed by atoms with E-state index in [0.717, 1.165) is 28.4 Å². The monoisotopic (exact) mass is 344 g/mol. The molecule has 0 fully saturated rings. The van der Waals surface area contributed by atoms with Gasteiger partial charge in [0, 0.05) is 16.9 Å². The van der Waals surface area contributed by atoms with Gasteiger partial charge in [-0.2, -0.15) is 0 Å². The average molecular weight is 344 g/mol. The van der Waals surface area contributed by atoms with Crippen molar-refractivity contribution in [1.29, 1.82) is 0 Å². The maximum atomic E-state index is 5.71. The van der Waals surface area contributed by atoms with Gasteiger partial charge in [-0.3, -0.25) is 0 Å². The first-order valence-corrected chi connectivity index (χ1v) is 8.67. The highest BCUT2D eigenvalue weighted by atomic mass is 32.2. The number of fused-ring (bicyclic) bond motifs is 1. The molecule has 6 nitrogen and oxygen atoms in total. The first-order valence-electron chi connectivity index (χ1n) is 7.69. The lowest BCUT2D eigenvalue weighted by Gasteiger charge is -2.08. The predicted octanol–water partition coefficient (Wildman–Crippen LogP) is 4.09. The van der Waals surface area contributed by atoms with Gasteiger partial charge in [-0.15, -0.1) is 22.0 Å². The SMILES string of the molecule is Cc1ccoc1-c1nnc(CSc2ccc3c(c2)OCCCO3)o1. The summed E-state index contributed by atoms with van der Waals surface area (Å²) < 4.78 is 22.4. The molecule has 2 aromatic heterocycles. The summed E-state index contributed by atoms with van der Waals surface area (Å²) in [6.45, 7) is 3.31. The van der Waals surface area contributed by atoms with Crippen molar-refractivity contribution in [2.45, 2.75) is 24.0 Å². The second kappa shape index (κ2) is 6.60. The Morgan fingerprint density at radius 1 is 1.08 bits per heavy atom. The number of thioether (sulfide) groups is 1. The van der Waals surface area contributed by atoms with Crippen LogP contribution in [0.1, 0.15) is 17.9 Å². The molecule has 0 saturated heterocycles. The van der Waals surface area contributed by atoms with E-state index in [9.17, 15) is 0 Å². The van der Waals surface area contributed by atoms with E-state index in [2.05, 4.69) is 10.2 Å². The zero-order valence-electron chi connectivity index (χ0n) is 13.2. The summed E-state index contributed by atoms with van der Waals surface area (Å²) in [7, 11) is 0. The van der Waals surface area contributed by atoms with Crippen molar-refractivity contribution in [3.8, 4) is 23.1 Å². The van der Waals surface area contributed by atoms with Gasteiger partial charge in [-0.05, 0) is 31.2 Å². The van der Waals surface area contributed by atoms with E-state index in [1.165, 1.54) is 0 Å². The van der Waals surface area contributed by atoms with E-state index in [4.69, 9.17) is 18.3 Å². The van der Waals surface area contributed by atoms with E-state index in [1.54, 1.807) is 18.0 Å². The number of nitrogens with zero attached hydrogens (tertiary/aromatic N) is 2. The molecule has 0 bridgehead atoms. The van der Waals surface area contributed by atoms with E-state index in [0.29, 0.717) is 36.5 Å². The van der Waals surface area contributed by atoms with Crippen molar-refractivity contribution >= 4 is 11.8 Å². The van der Waals surface area contributed by atoms with Crippen LogP contribution in [-0.4, -0.2) is 23.4 Å². The molecule has 3 aromatic rings. The smallest absolute Gasteiger partial charge is 0.283 e. The van der Waals surface area contributed by atoms with Crippen LogP contribution in [0.25, 0.3) is 11.7 Å². The van der Waals surface area contributed by atoms with Gasteiger partial charge in [0.25, 0.3) is 5.89 Å². The second-order valence-corrected chi connectivity index (χ2v) is 6.43. The van der Waals surface area contributed by atoms with Gasteiger partial charge in [0.1, 0.15) is 0 Å². The molecule has 0 N–H and O–H groups in total. The Balaban J connectivity index is 1.45. The van der Waals surface area contributed by atoms with Crippen molar-refractivity contribution < 1.29 is 18.3 Å². The third-order valence-electron chi connectivity index (χ3n) is 3.60. The molecule has 0 saturated carbocycles. The molecular weight excluding hydrogens is 328 g/mol. The number of aromatic nitrogens is 2. The summed E-state index contributed by atoms with van der Waals surface area (Å²) in [5, 5.41) is 8.12. The summed E-state index contributed by atoms with van der Waals surface area (Å²) >= 11 is 1.61. The van der Waals surface area contributed by atoms with Gasteiger partial charge >= 0.3 is 0 Å². The average Bonchev–Trinajstić information content (AvgIpc) is 3.15. The molecule has 0 radical (unpaired) electrons. The molecule has 0 spiro atoms. The Morgan fingerprint density at radius 2 is 1.96 bits per heavy atom. The summed E-state index contributed by atoms with van der Waals surface area (Å²) in [4.78, 5) is 1.06. The molecule has 0 aliphatic carbocycles. The molecular formula is C17H16N2O4S. The number of rotatable bonds is 4. The largest absolute Gasteiger partial charge is 0.490 e. The first kappa shape index (κ1) is 15.1. The molecule has 24 heavy (non-hydrogen) atoms. The van der Waals surface area contributed by atoms with E-state index in [1.807, 2.05) is 31.2 Å². The second-order valence-electron chi connectivity index (χ2n) is 5.38. The summed E-state index contributed by atoms with van der Waals surface area (Å²) in [5.41, 5.74) is 0.973. The Bertz CT molecular complexity index is 843. The minimum absolute atomic E-state index is 0.409. The van der Waals surface area contributed by atoms with Gasteiger partial charge in [0.05, 0.1) is 25.2 Å². The van der Waals surface area contributed by atoms with Crippen molar-refractivity contribution in [3.63, 3.8) is 0 Å². The zero-order chi connectivity index (χ0) is 16.4. The van der Waals surface area contributed by atoms with Crippen molar-refractivity contribution in [3.05, 3.63) is 42.0 Å². The van der Waals surface area contributed by atoms with Gasteiger partial charge in [-0.1, -0.05) is 0 Å². The van der Waals surface area contributed by atoms with Crippen molar-refractivity contribution in [1.82, 2.24) is 10.2 Å². The molecule has 1 aromatic carbocycles. The van der Waals surface area contributed by atoms with Crippen LogP contribution in [0.4, 0.5) is 0 Å². The fourth-order valence-corrected chi connectivity index (χ4v) is 3.14. The number of ether oxygens (including phenoxy) is 2. The lowest BCUT2D eigenvalue weighted by molar-refractivity contribution is 0.297. The van der Waals surface area contributed by atoms with Crippen molar-refractivity contribution in [2.75, 3.05) is 13.2 Å². The third kappa shape index (κ3) is 3.12. The number of benzene rings is 1. The maximum Gasteiger partial charge on any atom is 0.283 e. The number of furan rings is 1. The minimum Gasteiger partial charge on any atom is -0.490 e. The molecule has 3 heterocycles. The molecule has 4 rings (SSSR count). The lowest BCUT2D eigenvalue weighted by atomic mass is 10.3. The van der Waals surface area contributed by atoms with E-state index >= 15 is 0 Å². The number of aryl methyl sites for hydroxylation is 1. The fraction of sp³-hybridized carbons (Fsp3) is 0.294. The number of hydrogen-bond donors (Lipinski definition) is 0. The van der Waals surface area contributed by atoms with Crippen molar-refractivity contribution in [2.24, 2.45) is 0 Å². The van der Waals surface area contributed by atoms with E-state index in [-0.39, 0.29) is 0 Å². The molecule has 0 atom stereocenters. The third-order valence-corrected chi connectivity index (χ3v) is 4.58. The Morgan fingerprint density at radius 3 is 2.79 bits per heavy atom. The van der Waals surface area contributed by atoms with Gasteiger partial charge in [0.15, 0.2) is 17.3 Å². The predicted molar refractivity (Wildman–Crippen MR) is 88.3 cm³/mol. The Kier molecular flexibility index (Phi) is 4.17. The molecule has 0 amide bonds. The zero-order valence-corrected chi connectivity index (χ0v) is 14.0. The molecule has 7 heteroatoms. The highest BCUT2D eigenvalue weighted by Gasteiger charge is 2.15. The summed E-state index contributed by atoms with van der Waals surface area (Å²) in [5.74, 6) is 3.74. The van der Waals surface area contributed by atoms with Gasteiger partial charge in [0.2, 0.25) is 5.89 Å². The maximum absolute atomic E-state index is 5.71. The highest BCUT2D eigenvalue weighted by Crippen LogP contribution is 2.35. The van der Waals surface area contributed by atoms with Crippen LogP contribution in [0.2, 0.25) is 0 Å². The number of hydrogen-bond acceptors (Lipinski definition) is 7. The standard InChI is InChI=1S/C17H16N2O4S/c1-11-5-8-22-16(11)17-19-18-15(23-17)10-24-12-3-4-13-14(9-12)21-7-2-6-20-13/h3-5,8-9H,2,6-7,10H2,1H3. The summed E-state index contributed by atoms with van der Waals surface area (Å²) in [6, 6.07) is 7.80. The van der Waals surface area contributed by atoms with Crippen LogP contribution in [0.5, 0.6) is 11.5 Å². The van der Waals surface area contributed by atoms with Gasteiger partial charge in [-0.25, -0.2) is 0 Å². The van der Waals surface area contributed by atoms with Crippen LogP contribution in [0.3, 0.4) is 0 Å². The first-order chi connectivity index (χ1) is 11.8. The normalized spacial score (nSPS) is 13.7. The van der Waals surface area contributed by atoms with Crippen LogP contribution in [0.15, 0.2) is 44.3 Å². The van der Waals surface area contributed by atoms with Crippen LogP contribution in [-0.2, 0) is 5.75 Å². The van der Waals surface area contributed by atoms with E-state index < -0.39 is 0 Å². The quantitative estimate of drug-likeness (QED) is 0.660. The minimum atomic E-state index is 0.409. The Labute approximate surface area is 143 Å². The molecule has 0 unspecified atom stereocenters. The molecule has 124 valence electrons. The molecule has 1 aliphatic rings. The fourth-order valence-electron chi connectivity index (χ4n) is 2.37. The van der Waals surface area contributed by atoms with Crippen LogP contribution < -0.4 is 9.47 Å². The lowest BCUT2D eigenvalue weighted by Crippen LogP contribution is -1.97. The van der Waals surface area contributed by atoms with Crippen LogP contribution in [0, 0.1) is 6.92 Å². The van der Waals surface area contributed by atoms with Gasteiger partial charge < -0.3 is 18.3 Å². The highest BCUT2D eigenvalue weighted by molar-refractivity contribution is 7.98. The Hall–Kier alpha value is -2.41.